The van der Waals surface area contributed by atoms with Crippen LogP contribution in [0.15, 0.2) is 18.2 Å². The van der Waals surface area contributed by atoms with Gasteiger partial charge in [0.25, 0.3) is 0 Å². The Hall–Kier alpha value is -1.15. The van der Waals surface area contributed by atoms with E-state index in [1.807, 2.05) is 0 Å². The Kier molecular flexibility index (Phi) is 6.79. The first kappa shape index (κ1) is 15.9. The average molecular weight is 262 g/mol. The molecule has 1 rings (SSSR count). The van der Waals surface area contributed by atoms with Gasteiger partial charge in [-0.1, -0.05) is 43.2 Å². The summed E-state index contributed by atoms with van der Waals surface area (Å²) in [5.41, 5.74) is 3.55. The molecule has 0 radical (unpaired) electrons. The van der Waals surface area contributed by atoms with Crippen molar-refractivity contribution in [2.75, 3.05) is 13.2 Å². The molecule has 0 aliphatic rings. The van der Waals surface area contributed by atoms with Gasteiger partial charge in [-0.3, -0.25) is 4.79 Å². The molecule has 1 aromatic carbocycles. The summed E-state index contributed by atoms with van der Waals surface area (Å²) in [6.07, 6.45) is 2.10. The van der Waals surface area contributed by atoms with Gasteiger partial charge in [0.15, 0.2) is 0 Å². The third-order valence-corrected chi connectivity index (χ3v) is 3.05. The number of Topliss-reactive ketones (excluding diaryl/α,β-unsaturated/α-hetero) is 1. The zero-order chi connectivity index (χ0) is 14.3. The van der Waals surface area contributed by atoms with E-state index in [9.17, 15) is 4.79 Å². The first-order valence-electron chi connectivity index (χ1n) is 7.14. The second-order valence-electron chi connectivity index (χ2n) is 5.76. The summed E-state index contributed by atoms with van der Waals surface area (Å²) < 4.78 is 5.48. The van der Waals surface area contributed by atoms with Crippen LogP contribution >= 0.6 is 0 Å². The van der Waals surface area contributed by atoms with Crippen LogP contribution in [0.5, 0.6) is 0 Å². The van der Waals surface area contributed by atoms with Gasteiger partial charge in [0.05, 0.1) is 6.61 Å². The minimum atomic E-state index is 0.259. The molecular weight excluding hydrogens is 236 g/mol. The minimum Gasteiger partial charge on any atom is -0.381 e. The molecule has 0 N–H and O–H groups in total. The smallest absolute Gasteiger partial charge is 0.139 e. The van der Waals surface area contributed by atoms with Gasteiger partial charge in [0, 0.05) is 19.4 Å². The second-order valence-corrected chi connectivity index (χ2v) is 5.76. The van der Waals surface area contributed by atoms with Gasteiger partial charge in [0.1, 0.15) is 5.78 Å². The van der Waals surface area contributed by atoms with Crippen molar-refractivity contribution in [2.45, 2.75) is 47.0 Å². The highest BCUT2D eigenvalue weighted by Crippen LogP contribution is 2.10. The standard InChI is InChI=1S/C17H26O2/c1-13(2)5-7-19-8-6-17(18)12-16-10-14(3)9-15(4)11-16/h9-11,13H,5-8,12H2,1-4H3. The summed E-state index contributed by atoms with van der Waals surface area (Å²) in [7, 11) is 0. The highest BCUT2D eigenvalue weighted by molar-refractivity contribution is 5.81. The van der Waals surface area contributed by atoms with Gasteiger partial charge in [-0.25, -0.2) is 0 Å². The molecule has 0 saturated heterocycles. The maximum Gasteiger partial charge on any atom is 0.139 e. The van der Waals surface area contributed by atoms with Gasteiger partial charge in [-0.15, -0.1) is 0 Å². The van der Waals surface area contributed by atoms with Crippen molar-refractivity contribution in [3.05, 3.63) is 34.9 Å². The molecule has 0 saturated carbocycles. The van der Waals surface area contributed by atoms with E-state index in [2.05, 4.69) is 45.9 Å². The molecule has 0 atom stereocenters. The average Bonchev–Trinajstić information content (AvgIpc) is 2.26. The summed E-state index contributed by atoms with van der Waals surface area (Å²) in [4.78, 5) is 11.9. The van der Waals surface area contributed by atoms with Gasteiger partial charge >= 0.3 is 0 Å². The Bertz CT molecular complexity index is 387. The van der Waals surface area contributed by atoms with Gasteiger partial charge in [0.2, 0.25) is 0 Å². The van der Waals surface area contributed by atoms with Crippen LogP contribution in [0.25, 0.3) is 0 Å². The third kappa shape index (κ3) is 7.12. The molecule has 0 unspecified atom stereocenters. The van der Waals surface area contributed by atoms with Crippen molar-refractivity contribution in [1.29, 1.82) is 0 Å². The maximum absolute atomic E-state index is 11.9. The molecule has 0 spiro atoms. The molecule has 19 heavy (non-hydrogen) atoms. The lowest BCUT2D eigenvalue weighted by molar-refractivity contribution is -0.119. The Balaban J connectivity index is 2.27. The molecule has 0 fully saturated rings. The van der Waals surface area contributed by atoms with Crippen LogP contribution in [-0.2, 0) is 16.0 Å². The predicted octanol–water partition coefficient (Wildman–Crippen LogP) is 3.87. The van der Waals surface area contributed by atoms with E-state index >= 15 is 0 Å². The van der Waals surface area contributed by atoms with E-state index in [0.717, 1.165) is 18.6 Å². The summed E-state index contributed by atoms with van der Waals surface area (Å²) in [6.45, 7) is 9.79. The first-order chi connectivity index (χ1) is 8.97. The second kappa shape index (κ2) is 8.11. The fourth-order valence-corrected chi connectivity index (χ4v) is 2.09. The fraction of sp³-hybridized carbons (Fsp3) is 0.588. The zero-order valence-corrected chi connectivity index (χ0v) is 12.7. The van der Waals surface area contributed by atoms with E-state index in [4.69, 9.17) is 4.74 Å². The normalized spacial score (nSPS) is 11.0. The largest absolute Gasteiger partial charge is 0.381 e. The summed E-state index contributed by atoms with van der Waals surface area (Å²) in [5, 5.41) is 0. The van der Waals surface area contributed by atoms with Crippen LogP contribution in [0, 0.1) is 19.8 Å². The highest BCUT2D eigenvalue weighted by atomic mass is 16.5. The lowest BCUT2D eigenvalue weighted by Crippen LogP contribution is -2.09. The SMILES string of the molecule is Cc1cc(C)cc(CC(=O)CCOCCC(C)C)c1. The Morgan fingerprint density at radius 2 is 1.74 bits per heavy atom. The number of benzene rings is 1. The molecular formula is C17H26O2. The van der Waals surface area contributed by atoms with E-state index in [-0.39, 0.29) is 5.78 Å². The lowest BCUT2D eigenvalue weighted by Gasteiger charge is -2.07. The van der Waals surface area contributed by atoms with Gasteiger partial charge in [-0.05, 0) is 31.7 Å². The quantitative estimate of drug-likeness (QED) is 0.665. The zero-order valence-electron chi connectivity index (χ0n) is 12.7. The first-order valence-corrected chi connectivity index (χ1v) is 7.14. The number of ketones is 1. The van der Waals surface area contributed by atoms with Crippen molar-refractivity contribution >= 4 is 5.78 Å². The topological polar surface area (TPSA) is 26.3 Å². The van der Waals surface area contributed by atoms with Crippen LogP contribution < -0.4 is 0 Å². The molecule has 2 heteroatoms. The van der Waals surface area contributed by atoms with Crippen LogP contribution in [0.2, 0.25) is 0 Å². The van der Waals surface area contributed by atoms with Crippen LogP contribution in [0.1, 0.15) is 43.4 Å². The van der Waals surface area contributed by atoms with Crippen LogP contribution in [0.4, 0.5) is 0 Å². The fourth-order valence-electron chi connectivity index (χ4n) is 2.09. The van der Waals surface area contributed by atoms with E-state index in [1.165, 1.54) is 11.1 Å². The maximum atomic E-state index is 11.9. The number of aryl methyl sites for hydroxylation is 2. The van der Waals surface area contributed by atoms with Crippen LogP contribution in [-0.4, -0.2) is 19.0 Å². The molecule has 0 heterocycles. The monoisotopic (exact) mass is 262 g/mol. The van der Waals surface area contributed by atoms with Crippen molar-refractivity contribution in [2.24, 2.45) is 5.92 Å². The van der Waals surface area contributed by atoms with Crippen molar-refractivity contribution in [1.82, 2.24) is 0 Å². The third-order valence-electron chi connectivity index (χ3n) is 3.05. The van der Waals surface area contributed by atoms with Crippen LogP contribution in [0.3, 0.4) is 0 Å². The van der Waals surface area contributed by atoms with Crippen molar-refractivity contribution in [3.8, 4) is 0 Å². The molecule has 0 aromatic heterocycles. The predicted molar refractivity (Wildman–Crippen MR) is 79.5 cm³/mol. The summed E-state index contributed by atoms with van der Waals surface area (Å²) >= 11 is 0. The highest BCUT2D eigenvalue weighted by Gasteiger charge is 2.05. The number of hydrogen-bond acceptors (Lipinski definition) is 2. The molecule has 0 aliphatic heterocycles. The Labute approximate surface area is 117 Å². The number of carbonyl (C=O) groups is 1. The van der Waals surface area contributed by atoms with Crippen molar-refractivity contribution in [3.63, 3.8) is 0 Å². The Morgan fingerprint density at radius 1 is 1.11 bits per heavy atom. The molecule has 0 aliphatic carbocycles. The molecule has 0 amide bonds. The summed E-state index contributed by atoms with van der Waals surface area (Å²) in [5.74, 6) is 0.917. The Morgan fingerprint density at radius 3 is 2.32 bits per heavy atom. The number of hydrogen-bond donors (Lipinski definition) is 0. The lowest BCUT2D eigenvalue weighted by atomic mass is 10.0. The van der Waals surface area contributed by atoms with E-state index < -0.39 is 0 Å². The molecule has 2 nitrogen and oxygen atoms in total. The number of ether oxygens (including phenoxy) is 1. The molecule has 106 valence electrons. The van der Waals surface area contributed by atoms with Gasteiger partial charge < -0.3 is 4.74 Å². The van der Waals surface area contributed by atoms with Crippen molar-refractivity contribution < 1.29 is 9.53 Å². The molecule has 0 bridgehead atoms. The van der Waals surface area contributed by atoms with E-state index in [1.54, 1.807) is 0 Å². The number of carbonyl (C=O) groups excluding carboxylic acids is 1. The number of rotatable bonds is 8. The van der Waals surface area contributed by atoms with E-state index in [0.29, 0.717) is 25.4 Å². The molecule has 1 aromatic rings. The van der Waals surface area contributed by atoms with Gasteiger partial charge in [-0.2, -0.15) is 0 Å². The summed E-state index contributed by atoms with van der Waals surface area (Å²) in [6, 6.07) is 6.30. The minimum absolute atomic E-state index is 0.259.